The second kappa shape index (κ2) is 4.95. The van der Waals surface area contributed by atoms with Crippen LogP contribution in [0.25, 0.3) is 0 Å². The Morgan fingerprint density at radius 1 is 1.36 bits per heavy atom. The lowest BCUT2D eigenvalue weighted by Crippen LogP contribution is -2.16. The van der Waals surface area contributed by atoms with Crippen LogP contribution >= 0.6 is 0 Å². The molecule has 0 aliphatic rings. The summed E-state index contributed by atoms with van der Waals surface area (Å²) >= 11 is 0. The summed E-state index contributed by atoms with van der Waals surface area (Å²) in [5, 5.41) is 11.3. The molecule has 0 unspecified atom stereocenters. The highest BCUT2D eigenvalue weighted by molar-refractivity contribution is 5.26. The van der Waals surface area contributed by atoms with Gasteiger partial charge >= 0.3 is 0 Å². The van der Waals surface area contributed by atoms with E-state index in [-0.39, 0.29) is 6.04 Å². The van der Waals surface area contributed by atoms with E-state index >= 15 is 0 Å². The number of nitrogens with two attached hydrogens (primary N) is 1. The predicted molar refractivity (Wildman–Crippen MR) is 57.1 cm³/mol. The molecule has 0 spiro atoms. The second-order valence-electron chi connectivity index (χ2n) is 3.17. The average Bonchev–Trinajstić information content (AvgIpc) is 2.60. The minimum absolute atomic E-state index is 0.0187. The Kier molecular flexibility index (Phi) is 3.88. The van der Waals surface area contributed by atoms with E-state index in [2.05, 4.69) is 22.4 Å². The first-order valence-corrected chi connectivity index (χ1v) is 5.17. The molecule has 5 nitrogen and oxygen atoms in total. The molecule has 1 atom stereocenters. The van der Waals surface area contributed by atoms with E-state index < -0.39 is 0 Å². The van der Waals surface area contributed by atoms with E-state index in [4.69, 9.17) is 5.73 Å². The predicted octanol–water partition coefficient (Wildman–Crippen LogP) is 1.14. The van der Waals surface area contributed by atoms with E-state index in [0.717, 1.165) is 31.3 Å². The van der Waals surface area contributed by atoms with Gasteiger partial charge in [0.25, 0.3) is 0 Å². The summed E-state index contributed by atoms with van der Waals surface area (Å²) in [7, 11) is 0. The summed E-state index contributed by atoms with van der Waals surface area (Å²) in [6.45, 7) is 7.84. The van der Waals surface area contributed by atoms with E-state index in [1.54, 1.807) is 0 Å². The molecule has 1 rings (SSSR count). The SMILES string of the molecule is CCNc1nnc([C@H](N)CC)n1CC. The maximum atomic E-state index is 5.93. The van der Waals surface area contributed by atoms with Crippen molar-refractivity contribution in [1.29, 1.82) is 0 Å². The van der Waals surface area contributed by atoms with E-state index in [0.29, 0.717) is 0 Å². The van der Waals surface area contributed by atoms with Crippen LogP contribution in [0, 0.1) is 0 Å². The van der Waals surface area contributed by atoms with Gasteiger partial charge in [-0.25, -0.2) is 0 Å². The Morgan fingerprint density at radius 3 is 2.57 bits per heavy atom. The largest absolute Gasteiger partial charge is 0.355 e. The monoisotopic (exact) mass is 197 g/mol. The van der Waals surface area contributed by atoms with Crippen LogP contribution in [0.2, 0.25) is 0 Å². The van der Waals surface area contributed by atoms with E-state index in [1.807, 2.05) is 18.4 Å². The Morgan fingerprint density at radius 2 is 2.07 bits per heavy atom. The fourth-order valence-corrected chi connectivity index (χ4v) is 1.37. The molecule has 1 heterocycles. The maximum Gasteiger partial charge on any atom is 0.224 e. The highest BCUT2D eigenvalue weighted by Gasteiger charge is 2.14. The number of anilines is 1. The highest BCUT2D eigenvalue weighted by Crippen LogP contribution is 2.15. The molecule has 80 valence electrons. The number of aromatic nitrogens is 3. The first-order valence-electron chi connectivity index (χ1n) is 5.17. The van der Waals surface area contributed by atoms with Gasteiger partial charge in [0.05, 0.1) is 6.04 Å². The molecule has 0 saturated heterocycles. The quantitative estimate of drug-likeness (QED) is 0.742. The lowest BCUT2D eigenvalue weighted by molar-refractivity contribution is 0.590. The molecule has 3 N–H and O–H groups in total. The van der Waals surface area contributed by atoms with Gasteiger partial charge in [0.1, 0.15) is 0 Å². The fourth-order valence-electron chi connectivity index (χ4n) is 1.37. The smallest absolute Gasteiger partial charge is 0.224 e. The van der Waals surface area contributed by atoms with Crippen molar-refractivity contribution >= 4 is 5.95 Å². The van der Waals surface area contributed by atoms with Gasteiger partial charge in [-0.2, -0.15) is 0 Å². The number of hydrogen-bond acceptors (Lipinski definition) is 4. The zero-order valence-electron chi connectivity index (χ0n) is 9.12. The Hall–Kier alpha value is -1.10. The van der Waals surface area contributed by atoms with Gasteiger partial charge in [0, 0.05) is 13.1 Å². The molecule has 0 radical (unpaired) electrons. The van der Waals surface area contributed by atoms with Gasteiger partial charge in [0.2, 0.25) is 5.95 Å². The summed E-state index contributed by atoms with van der Waals surface area (Å²) in [4.78, 5) is 0. The maximum absolute atomic E-state index is 5.93. The average molecular weight is 197 g/mol. The first kappa shape index (κ1) is 11.0. The van der Waals surface area contributed by atoms with Crippen LogP contribution in [0.1, 0.15) is 39.1 Å². The molecule has 1 aromatic heterocycles. The third-order valence-electron chi connectivity index (χ3n) is 2.20. The molecular weight excluding hydrogens is 178 g/mol. The number of rotatable bonds is 5. The molecule has 0 aliphatic heterocycles. The molecule has 0 bridgehead atoms. The van der Waals surface area contributed by atoms with Crippen LogP contribution in [0.15, 0.2) is 0 Å². The van der Waals surface area contributed by atoms with Crippen molar-refractivity contribution in [3.63, 3.8) is 0 Å². The number of nitrogens with zero attached hydrogens (tertiary/aromatic N) is 3. The lowest BCUT2D eigenvalue weighted by Gasteiger charge is -2.11. The second-order valence-corrected chi connectivity index (χ2v) is 3.17. The van der Waals surface area contributed by atoms with Crippen LogP contribution in [0.3, 0.4) is 0 Å². The van der Waals surface area contributed by atoms with Crippen molar-refractivity contribution in [3.8, 4) is 0 Å². The van der Waals surface area contributed by atoms with Crippen molar-refractivity contribution in [3.05, 3.63) is 5.82 Å². The van der Waals surface area contributed by atoms with Crippen LogP contribution in [-0.2, 0) is 6.54 Å². The normalized spacial score (nSPS) is 12.9. The van der Waals surface area contributed by atoms with Gasteiger partial charge in [-0.05, 0) is 20.3 Å². The highest BCUT2D eigenvalue weighted by atomic mass is 15.4. The van der Waals surface area contributed by atoms with E-state index in [9.17, 15) is 0 Å². The molecule has 14 heavy (non-hydrogen) atoms. The van der Waals surface area contributed by atoms with Crippen LogP contribution in [0.4, 0.5) is 5.95 Å². The summed E-state index contributed by atoms with van der Waals surface area (Å²) in [6.07, 6.45) is 0.879. The zero-order valence-corrected chi connectivity index (χ0v) is 9.12. The molecule has 0 aromatic carbocycles. The number of hydrogen-bond donors (Lipinski definition) is 2. The summed E-state index contributed by atoms with van der Waals surface area (Å²) in [5.74, 6) is 1.68. The van der Waals surface area contributed by atoms with Gasteiger partial charge in [-0.1, -0.05) is 6.92 Å². The molecule has 0 aliphatic carbocycles. The zero-order chi connectivity index (χ0) is 10.6. The van der Waals surface area contributed by atoms with Gasteiger partial charge in [-0.15, -0.1) is 10.2 Å². The molecular formula is C9H19N5. The van der Waals surface area contributed by atoms with Crippen molar-refractivity contribution in [2.45, 2.75) is 39.8 Å². The van der Waals surface area contributed by atoms with Crippen molar-refractivity contribution in [2.75, 3.05) is 11.9 Å². The van der Waals surface area contributed by atoms with Gasteiger partial charge in [0.15, 0.2) is 5.82 Å². The first-order chi connectivity index (χ1) is 6.74. The Balaban J connectivity index is 2.94. The molecule has 0 fully saturated rings. The molecule has 1 aromatic rings. The Bertz CT molecular complexity index is 281. The minimum atomic E-state index is -0.0187. The molecule has 0 amide bonds. The third-order valence-corrected chi connectivity index (χ3v) is 2.20. The fraction of sp³-hybridized carbons (Fsp3) is 0.778. The van der Waals surface area contributed by atoms with Crippen LogP contribution in [-0.4, -0.2) is 21.3 Å². The summed E-state index contributed by atoms with van der Waals surface area (Å²) < 4.78 is 2.03. The standard InChI is InChI=1S/C9H19N5/c1-4-7(10)8-12-13-9(11-5-2)14(8)6-3/h7H,4-6,10H2,1-3H3,(H,11,13)/t7-/m1/s1. The lowest BCUT2D eigenvalue weighted by atomic mass is 10.2. The van der Waals surface area contributed by atoms with Gasteiger partial charge in [-0.3, -0.25) is 4.57 Å². The summed E-state index contributed by atoms with van der Waals surface area (Å²) in [6, 6.07) is -0.0187. The minimum Gasteiger partial charge on any atom is -0.355 e. The summed E-state index contributed by atoms with van der Waals surface area (Å²) in [5.41, 5.74) is 5.93. The van der Waals surface area contributed by atoms with E-state index in [1.165, 1.54) is 0 Å². The number of nitrogens with one attached hydrogen (secondary N) is 1. The van der Waals surface area contributed by atoms with Crippen LogP contribution < -0.4 is 11.1 Å². The third kappa shape index (κ3) is 2.04. The van der Waals surface area contributed by atoms with Crippen molar-refractivity contribution < 1.29 is 0 Å². The topological polar surface area (TPSA) is 68.8 Å². The molecule has 5 heteroatoms. The van der Waals surface area contributed by atoms with Crippen molar-refractivity contribution in [2.24, 2.45) is 5.73 Å². The Labute approximate surface area is 84.7 Å². The molecule has 0 saturated carbocycles. The van der Waals surface area contributed by atoms with Crippen LogP contribution in [0.5, 0.6) is 0 Å². The van der Waals surface area contributed by atoms with Crippen molar-refractivity contribution in [1.82, 2.24) is 14.8 Å². The van der Waals surface area contributed by atoms with Gasteiger partial charge < -0.3 is 11.1 Å².